The molecule has 0 fully saturated rings. The number of sulfonamides is 1. The number of hydrogen-bond donors (Lipinski definition) is 2. The first kappa shape index (κ1) is 15.7. The number of carbonyl (C=O) groups excluding carboxylic acids is 1. The van der Waals surface area contributed by atoms with Gasteiger partial charge in [-0.25, -0.2) is 12.7 Å². The number of nitrogen functional groups attached to an aromatic ring is 1. The Bertz CT molecular complexity index is 552. The molecule has 19 heavy (non-hydrogen) atoms. The number of benzene rings is 1. The van der Waals surface area contributed by atoms with Gasteiger partial charge in [-0.15, -0.1) is 0 Å². The molecule has 0 bridgehead atoms. The lowest BCUT2D eigenvalue weighted by molar-refractivity contribution is 0.0957. The second-order valence-corrected chi connectivity index (χ2v) is 6.77. The summed E-state index contributed by atoms with van der Waals surface area (Å²) in [7, 11) is -0.474. The third kappa shape index (κ3) is 4.09. The molecule has 1 aromatic carbocycles. The monoisotopic (exact) mass is 305 g/mol. The van der Waals surface area contributed by atoms with Crippen molar-refractivity contribution in [2.75, 3.05) is 32.1 Å². The summed E-state index contributed by atoms with van der Waals surface area (Å²) in [5.74, 6) is -0.673. The first-order valence-electron chi connectivity index (χ1n) is 5.48. The molecule has 0 saturated carbocycles. The largest absolute Gasteiger partial charge is 0.398 e. The molecule has 1 aromatic rings. The van der Waals surface area contributed by atoms with E-state index in [1.807, 2.05) is 0 Å². The number of anilines is 1. The summed E-state index contributed by atoms with van der Waals surface area (Å²) < 4.78 is 24.1. The van der Waals surface area contributed by atoms with Crippen molar-refractivity contribution in [2.24, 2.45) is 0 Å². The van der Waals surface area contributed by atoms with Gasteiger partial charge in [0.2, 0.25) is 10.0 Å². The maximum atomic E-state index is 11.9. The molecule has 0 aromatic heterocycles. The van der Waals surface area contributed by atoms with Gasteiger partial charge in [-0.05, 0) is 12.1 Å². The van der Waals surface area contributed by atoms with Crippen LogP contribution in [0.4, 0.5) is 5.69 Å². The molecule has 106 valence electrons. The molecule has 6 nitrogen and oxygen atoms in total. The quantitative estimate of drug-likeness (QED) is 0.777. The summed E-state index contributed by atoms with van der Waals surface area (Å²) in [4.78, 5) is 11.9. The maximum absolute atomic E-state index is 11.9. The first-order chi connectivity index (χ1) is 8.75. The Kier molecular flexibility index (Phi) is 5.16. The molecule has 0 spiro atoms. The molecule has 3 N–H and O–H groups in total. The van der Waals surface area contributed by atoms with Crippen LogP contribution in [0.3, 0.4) is 0 Å². The second-order valence-electron chi connectivity index (χ2n) is 4.06. The van der Waals surface area contributed by atoms with E-state index in [9.17, 15) is 13.2 Å². The fourth-order valence-electron chi connectivity index (χ4n) is 1.34. The van der Waals surface area contributed by atoms with Gasteiger partial charge in [-0.3, -0.25) is 4.79 Å². The van der Waals surface area contributed by atoms with E-state index < -0.39 is 15.9 Å². The van der Waals surface area contributed by atoms with E-state index in [0.717, 1.165) is 4.31 Å². The normalized spacial score (nSPS) is 11.6. The Morgan fingerprint density at radius 3 is 2.58 bits per heavy atom. The van der Waals surface area contributed by atoms with E-state index in [-0.39, 0.29) is 28.6 Å². The number of amides is 1. The van der Waals surface area contributed by atoms with E-state index >= 15 is 0 Å². The van der Waals surface area contributed by atoms with Crippen molar-refractivity contribution in [1.82, 2.24) is 9.62 Å². The zero-order valence-corrected chi connectivity index (χ0v) is 12.3. The van der Waals surface area contributed by atoms with E-state index in [2.05, 4.69) is 5.32 Å². The summed E-state index contributed by atoms with van der Waals surface area (Å²) in [6, 6.07) is 4.73. The highest BCUT2D eigenvalue weighted by atomic mass is 35.5. The molecule has 0 radical (unpaired) electrons. The minimum absolute atomic E-state index is 0.00991. The number of nitrogens with two attached hydrogens (primary N) is 1. The average molecular weight is 306 g/mol. The fourth-order valence-corrected chi connectivity index (χ4v) is 2.34. The fraction of sp³-hybridized carbons (Fsp3) is 0.364. The van der Waals surface area contributed by atoms with Crippen LogP contribution in [0.2, 0.25) is 5.02 Å². The topological polar surface area (TPSA) is 92.5 Å². The summed E-state index contributed by atoms with van der Waals surface area (Å²) in [6.07, 6.45) is 0. The number of nitrogens with one attached hydrogen (secondary N) is 1. The number of hydrogen-bond acceptors (Lipinski definition) is 4. The third-order valence-corrected chi connectivity index (χ3v) is 4.62. The highest BCUT2D eigenvalue weighted by Crippen LogP contribution is 2.21. The number of carbonyl (C=O) groups is 1. The molecule has 0 atom stereocenters. The molecule has 1 rings (SSSR count). The van der Waals surface area contributed by atoms with Crippen molar-refractivity contribution in [3.8, 4) is 0 Å². The Labute approximate surface area is 117 Å². The van der Waals surface area contributed by atoms with Gasteiger partial charge in [0.15, 0.2) is 0 Å². The van der Waals surface area contributed by atoms with Gasteiger partial charge in [0.25, 0.3) is 5.91 Å². The maximum Gasteiger partial charge on any atom is 0.254 e. The van der Waals surface area contributed by atoms with Gasteiger partial charge in [0.1, 0.15) is 0 Å². The van der Waals surface area contributed by atoms with Crippen molar-refractivity contribution < 1.29 is 13.2 Å². The lowest BCUT2D eigenvalue weighted by Gasteiger charge is -2.12. The van der Waals surface area contributed by atoms with E-state index in [4.69, 9.17) is 17.3 Å². The van der Waals surface area contributed by atoms with Crippen LogP contribution in [-0.2, 0) is 10.0 Å². The first-order valence-corrected chi connectivity index (χ1v) is 7.47. The van der Waals surface area contributed by atoms with Crippen LogP contribution in [0.5, 0.6) is 0 Å². The minimum Gasteiger partial charge on any atom is -0.398 e. The van der Waals surface area contributed by atoms with Crippen LogP contribution < -0.4 is 11.1 Å². The predicted molar refractivity (Wildman–Crippen MR) is 75.7 cm³/mol. The summed E-state index contributed by atoms with van der Waals surface area (Å²) in [6.45, 7) is -0.00991. The van der Waals surface area contributed by atoms with E-state index in [1.54, 1.807) is 18.2 Å². The Hall–Kier alpha value is -1.31. The molecule has 1 amide bonds. The van der Waals surface area contributed by atoms with Crippen LogP contribution >= 0.6 is 11.6 Å². The average Bonchev–Trinajstić information content (AvgIpc) is 2.28. The molecular weight excluding hydrogens is 290 g/mol. The van der Waals surface area contributed by atoms with Crippen molar-refractivity contribution in [3.05, 3.63) is 28.8 Å². The zero-order valence-electron chi connectivity index (χ0n) is 10.7. The van der Waals surface area contributed by atoms with Crippen LogP contribution in [0.15, 0.2) is 18.2 Å². The Morgan fingerprint density at radius 1 is 1.42 bits per heavy atom. The second kappa shape index (κ2) is 6.23. The molecule has 0 aliphatic rings. The molecule has 0 aliphatic heterocycles. The standard InChI is InChI=1S/C11H16ClN3O3S/c1-15(2)19(17,18)7-6-14-11(16)10-8(12)4-3-5-9(10)13/h3-5H,6-7,13H2,1-2H3,(H,14,16). The van der Waals surface area contributed by atoms with Crippen LogP contribution in [0.1, 0.15) is 10.4 Å². The molecule has 8 heteroatoms. The third-order valence-electron chi connectivity index (χ3n) is 2.47. The lowest BCUT2D eigenvalue weighted by atomic mass is 10.1. The van der Waals surface area contributed by atoms with Crippen molar-refractivity contribution >= 4 is 33.2 Å². The smallest absolute Gasteiger partial charge is 0.254 e. The van der Waals surface area contributed by atoms with E-state index in [0.29, 0.717) is 0 Å². The van der Waals surface area contributed by atoms with Gasteiger partial charge in [-0.2, -0.15) is 0 Å². The summed E-state index contributed by atoms with van der Waals surface area (Å²) >= 11 is 5.88. The van der Waals surface area contributed by atoms with Crippen molar-refractivity contribution in [1.29, 1.82) is 0 Å². The molecule has 0 aliphatic carbocycles. The summed E-state index contributed by atoms with van der Waals surface area (Å²) in [5.41, 5.74) is 6.07. The van der Waals surface area contributed by atoms with Crippen LogP contribution in [-0.4, -0.2) is 45.0 Å². The van der Waals surface area contributed by atoms with Gasteiger partial charge >= 0.3 is 0 Å². The van der Waals surface area contributed by atoms with Gasteiger partial charge in [-0.1, -0.05) is 17.7 Å². The number of rotatable bonds is 5. The summed E-state index contributed by atoms with van der Waals surface area (Å²) in [5, 5.41) is 2.71. The highest BCUT2D eigenvalue weighted by molar-refractivity contribution is 7.89. The van der Waals surface area contributed by atoms with Crippen LogP contribution in [0, 0.1) is 0 Å². The highest BCUT2D eigenvalue weighted by Gasteiger charge is 2.16. The number of nitrogens with zero attached hydrogens (tertiary/aromatic N) is 1. The van der Waals surface area contributed by atoms with E-state index in [1.165, 1.54) is 14.1 Å². The van der Waals surface area contributed by atoms with Gasteiger partial charge in [0, 0.05) is 26.3 Å². The van der Waals surface area contributed by atoms with Crippen molar-refractivity contribution in [2.45, 2.75) is 0 Å². The number of halogens is 1. The zero-order chi connectivity index (χ0) is 14.6. The van der Waals surface area contributed by atoms with Crippen LogP contribution in [0.25, 0.3) is 0 Å². The van der Waals surface area contributed by atoms with Crippen molar-refractivity contribution in [3.63, 3.8) is 0 Å². The Balaban J connectivity index is 2.68. The Morgan fingerprint density at radius 2 is 2.05 bits per heavy atom. The lowest BCUT2D eigenvalue weighted by Crippen LogP contribution is -2.34. The molecule has 0 unspecified atom stereocenters. The molecule has 0 heterocycles. The van der Waals surface area contributed by atoms with Gasteiger partial charge in [0.05, 0.1) is 16.3 Å². The molecular formula is C11H16ClN3O3S. The van der Waals surface area contributed by atoms with Gasteiger partial charge < -0.3 is 11.1 Å². The SMILES string of the molecule is CN(C)S(=O)(=O)CCNC(=O)c1c(N)cccc1Cl. The minimum atomic E-state index is -3.34. The molecule has 0 saturated heterocycles. The predicted octanol–water partition coefficient (Wildman–Crippen LogP) is 0.543.